The van der Waals surface area contributed by atoms with Crippen molar-refractivity contribution in [2.45, 2.75) is 26.4 Å². The quantitative estimate of drug-likeness (QED) is 0.167. The third kappa shape index (κ3) is 4.87. The number of aromatic nitrogens is 8. The lowest BCUT2D eigenvalue weighted by Gasteiger charge is -2.33. The fourth-order valence-electron chi connectivity index (χ4n) is 5.28. The van der Waals surface area contributed by atoms with Crippen molar-refractivity contribution < 1.29 is 8.85 Å². The molecule has 214 valence electrons. The molecule has 0 bridgehead atoms. The Morgan fingerprint density at radius 2 is 1.98 bits per heavy atom. The summed E-state index contributed by atoms with van der Waals surface area (Å²) in [7, 11) is 3.35. The molecule has 0 saturated carbocycles. The maximum atomic E-state index is 13.7. The molecule has 0 aliphatic rings. The molecule has 0 aliphatic heterocycles. The van der Waals surface area contributed by atoms with Gasteiger partial charge in [0.2, 0.25) is 5.82 Å². The van der Waals surface area contributed by atoms with E-state index in [0.29, 0.717) is 31.8 Å². The fraction of sp³-hybridized carbons (Fsp3) is 0.241. The molecule has 4 aromatic heterocycles. The van der Waals surface area contributed by atoms with Crippen molar-refractivity contribution in [3.05, 3.63) is 90.8 Å². The number of ether oxygens (including phenoxy) is 1. The van der Waals surface area contributed by atoms with Gasteiger partial charge in [-0.15, -0.1) is 10.2 Å². The Hall–Kier alpha value is -4.04. The van der Waals surface area contributed by atoms with E-state index in [1.54, 1.807) is 37.2 Å². The summed E-state index contributed by atoms with van der Waals surface area (Å²) in [6.07, 6.45) is 1.73. The van der Waals surface area contributed by atoms with Crippen LogP contribution in [0.15, 0.2) is 59.7 Å². The van der Waals surface area contributed by atoms with Gasteiger partial charge in [0.25, 0.3) is 5.56 Å². The molecule has 0 spiro atoms. The Morgan fingerprint density at radius 3 is 2.69 bits per heavy atom. The number of anilines is 1. The van der Waals surface area contributed by atoms with Gasteiger partial charge in [-0.05, 0) is 88.7 Å². The molecule has 0 saturated heterocycles. The molecule has 0 radical (unpaired) electrons. The monoisotopic (exact) mass is 698 g/mol. The van der Waals surface area contributed by atoms with Gasteiger partial charge in [-0.3, -0.25) is 13.8 Å². The van der Waals surface area contributed by atoms with Crippen molar-refractivity contribution >= 4 is 56.4 Å². The second-order valence-electron chi connectivity index (χ2n) is 9.90. The van der Waals surface area contributed by atoms with Crippen molar-refractivity contribution in [3.63, 3.8) is 0 Å². The van der Waals surface area contributed by atoms with E-state index in [2.05, 4.69) is 58.9 Å². The highest BCUT2D eigenvalue weighted by Crippen LogP contribution is 2.38. The molecular formula is C29H27ClIN9O2. The van der Waals surface area contributed by atoms with Gasteiger partial charge < -0.3 is 9.64 Å². The zero-order chi connectivity index (χ0) is 32.2. The van der Waals surface area contributed by atoms with Crippen LogP contribution in [0.1, 0.15) is 33.8 Å². The molecule has 0 aliphatic carbocycles. The van der Waals surface area contributed by atoms with E-state index in [4.69, 9.17) is 20.5 Å². The molecular weight excluding hydrogens is 669 g/mol. The summed E-state index contributed by atoms with van der Waals surface area (Å²) in [5.74, 6) is 0.723. The Bertz CT molecular complexity index is 2130. The Balaban J connectivity index is 1.60. The van der Waals surface area contributed by atoms with Crippen LogP contribution in [0.4, 0.5) is 5.69 Å². The van der Waals surface area contributed by atoms with Crippen molar-refractivity contribution in [1.82, 2.24) is 39.1 Å². The minimum absolute atomic E-state index is 0.00470. The first-order valence-corrected chi connectivity index (χ1v) is 14.4. The standard InChI is InChI=1S/C29H27ClIN9O2/c1-16-12-20(25-21(13-16)29(41)37(3)28-26(31)32-15-40(25)28)17(2)39(14-18-6-8-19(42-5)9-7-18)22-10-11-23(30)33-24(22)27-34-36-38(4)35-27/h6-13,15,17H,14H2,1-5H3/i4D3. The zero-order valence-corrected chi connectivity index (χ0v) is 26.0. The van der Waals surface area contributed by atoms with E-state index >= 15 is 0 Å². The van der Waals surface area contributed by atoms with Crippen molar-refractivity contribution in [2.75, 3.05) is 12.0 Å². The topological polar surface area (TPSA) is 108 Å². The van der Waals surface area contributed by atoms with Crippen molar-refractivity contribution in [1.29, 1.82) is 0 Å². The molecule has 0 N–H and O–H groups in total. The third-order valence-corrected chi connectivity index (χ3v) is 8.25. The minimum atomic E-state index is -2.62. The van der Waals surface area contributed by atoms with E-state index in [-0.39, 0.29) is 28.3 Å². The molecule has 6 aromatic rings. The Labute approximate surface area is 264 Å². The van der Waals surface area contributed by atoms with E-state index in [9.17, 15) is 4.79 Å². The largest absolute Gasteiger partial charge is 0.497 e. The number of fused-ring (bicyclic) bond motifs is 3. The van der Waals surface area contributed by atoms with Crippen LogP contribution in [0, 0.1) is 10.6 Å². The third-order valence-electron chi connectivity index (χ3n) is 7.28. The van der Waals surface area contributed by atoms with Gasteiger partial charge in [0, 0.05) is 17.7 Å². The van der Waals surface area contributed by atoms with Crippen LogP contribution in [-0.4, -0.2) is 46.3 Å². The Morgan fingerprint density at radius 1 is 1.19 bits per heavy atom. The van der Waals surface area contributed by atoms with Gasteiger partial charge in [0.05, 0.1) is 36.7 Å². The van der Waals surface area contributed by atoms with E-state index in [1.807, 2.05) is 48.6 Å². The molecule has 13 heteroatoms. The minimum Gasteiger partial charge on any atom is -0.497 e. The van der Waals surface area contributed by atoms with Gasteiger partial charge in [0.15, 0.2) is 5.65 Å². The van der Waals surface area contributed by atoms with Crippen molar-refractivity contribution in [3.8, 4) is 17.3 Å². The number of pyridine rings is 1. The number of methoxy groups -OCH3 is 1. The lowest BCUT2D eigenvalue weighted by Crippen LogP contribution is -2.29. The number of rotatable bonds is 7. The van der Waals surface area contributed by atoms with Gasteiger partial charge >= 0.3 is 0 Å². The summed E-state index contributed by atoms with van der Waals surface area (Å²) in [5, 5.41) is 12.7. The first-order chi connectivity index (χ1) is 21.4. The highest BCUT2D eigenvalue weighted by molar-refractivity contribution is 14.1. The second-order valence-corrected chi connectivity index (χ2v) is 11.3. The molecule has 6 rings (SSSR count). The summed E-state index contributed by atoms with van der Waals surface area (Å²) < 4.78 is 32.8. The normalized spacial score (nSPS) is 13.6. The maximum absolute atomic E-state index is 13.7. The summed E-state index contributed by atoms with van der Waals surface area (Å²) in [5.41, 5.74) is 4.87. The number of benzene rings is 2. The maximum Gasteiger partial charge on any atom is 0.261 e. The SMILES string of the molecule is [2H]C([2H])([2H])n1nnc(-c2nc(Cl)ccc2N(Cc2ccc(OC)cc2)C(C)c2cc(C)cc3c(=O)n(C)c4c(I)ncn4c23)n1. The lowest BCUT2D eigenvalue weighted by molar-refractivity contribution is 0.414. The first kappa shape index (κ1) is 24.5. The number of hydrogen-bond acceptors (Lipinski definition) is 8. The average Bonchev–Trinajstić information content (AvgIpc) is 3.66. The molecule has 2 aromatic carbocycles. The Kier molecular flexibility index (Phi) is 6.42. The zero-order valence-electron chi connectivity index (χ0n) is 26.1. The fourth-order valence-corrected chi connectivity index (χ4v) is 6.17. The van der Waals surface area contributed by atoms with Crippen LogP contribution in [-0.2, 0) is 20.6 Å². The predicted molar refractivity (Wildman–Crippen MR) is 170 cm³/mol. The number of tetrazole rings is 1. The molecule has 11 nitrogen and oxygen atoms in total. The second kappa shape index (κ2) is 11.0. The molecule has 0 fully saturated rings. The molecule has 1 atom stereocenters. The molecule has 4 heterocycles. The van der Waals surface area contributed by atoms with Gasteiger partial charge in [-0.25, -0.2) is 9.97 Å². The summed E-state index contributed by atoms with van der Waals surface area (Å²) in [6, 6.07) is 14.7. The number of imidazole rings is 1. The summed E-state index contributed by atoms with van der Waals surface area (Å²) in [4.78, 5) is 25.4. The van der Waals surface area contributed by atoms with E-state index < -0.39 is 6.98 Å². The van der Waals surface area contributed by atoms with Crippen LogP contribution in [0.25, 0.3) is 28.1 Å². The summed E-state index contributed by atoms with van der Waals surface area (Å²) >= 11 is 8.51. The first-order valence-electron chi connectivity index (χ1n) is 14.4. The van der Waals surface area contributed by atoms with Crippen molar-refractivity contribution in [2.24, 2.45) is 14.0 Å². The van der Waals surface area contributed by atoms with Crippen LogP contribution >= 0.6 is 34.2 Å². The van der Waals surface area contributed by atoms with Gasteiger partial charge in [-0.2, -0.15) is 4.80 Å². The number of hydrogen-bond donors (Lipinski definition) is 0. The van der Waals surface area contributed by atoms with Crippen LogP contribution in [0.5, 0.6) is 5.75 Å². The molecule has 1 unspecified atom stereocenters. The van der Waals surface area contributed by atoms with Gasteiger partial charge in [0.1, 0.15) is 26.6 Å². The van der Waals surface area contributed by atoms with E-state index in [0.717, 1.165) is 28.0 Å². The lowest BCUT2D eigenvalue weighted by atomic mass is 9.98. The highest BCUT2D eigenvalue weighted by Gasteiger charge is 2.27. The van der Waals surface area contributed by atoms with Crippen LogP contribution < -0.4 is 15.2 Å². The van der Waals surface area contributed by atoms with E-state index in [1.165, 1.54) is 0 Å². The van der Waals surface area contributed by atoms with Gasteiger partial charge in [-0.1, -0.05) is 29.8 Å². The smallest absolute Gasteiger partial charge is 0.261 e. The molecule has 42 heavy (non-hydrogen) atoms. The highest BCUT2D eigenvalue weighted by atomic mass is 127. The number of nitrogens with zero attached hydrogens (tertiary/aromatic N) is 9. The average molecular weight is 699 g/mol. The number of halogens is 2. The molecule has 0 amide bonds. The summed E-state index contributed by atoms with van der Waals surface area (Å²) in [6.45, 7) is 1.76. The van der Waals surface area contributed by atoms with Crippen LogP contribution in [0.3, 0.4) is 0 Å². The number of aryl methyl sites for hydroxylation is 3. The predicted octanol–water partition coefficient (Wildman–Crippen LogP) is 5.11. The van der Waals surface area contributed by atoms with Crippen LogP contribution in [0.2, 0.25) is 5.15 Å².